The Hall–Kier alpha value is -8.59. The SMILES string of the molecule is CCOc1ccc(Cc2cc([C@]34OC[C@](COC(=O)c5ccc([N+](=O)[O-])cc5)(O3)[C@@H](OC(=O)c3ccc([N+](=O)[O-])cc3)[C@H](OC(=O)c3ccc(C)cc3)[C@H]4OC(=O)c3ccc([N+](=O)[O-])cc3)ccc2Cl)cc1. The van der Waals surface area contributed by atoms with E-state index in [2.05, 4.69) is 0 Å². The van der Waals surface area contributed by atoms with Gasteiger partial charge in [0.25, 0.3) is 17.1 Å². The van der Waals surface area contributed by atoms with Gasteiger partial charge in [0.15, 0.2) is 17.8 Å². The number of ether oxygens (including phenoxy) is 7. The van der Waals surface area contributed by atoms with Crippen molar-refractivity contribution in [3.8, 4) is 5.75 Å². The summed E-state index contributed by atoms with van der Waals surface area (Å²) < 4.78 is 43.8. The molecule has 0 radical (unpaired) electrons. The van der Waals surface area contributed by atoms with Crippen LogP contribution in [-0.2, 0) is 40.6 Å². The van der Waals surface area contributed by atoms with Crippen molar-refractivity contribution >= 4 is 52.5 Å². The molecule has 0 aromatic heterocycles. The highest BCUT2D eigenvalue weighted by Crippen LogP contribution is 2.53. The van der Waals surface area contributed by atoms with Gasteiger partial charge < -0.3 is 33.2 Å². The summed E-state index contributed by atoms with van der Waals surface area (Å²) in [5.74, 6) is -6.04. The predicted octanol–water partition coefficient (Wildman–Crippen LogP) is 8.85. The number of rotatable bonds is 17. The molecule has 2 bridgehead atoms. The minimum Gasteiger partial charge on any atom is -0.494 e. The average Bonchev–Trinajstić information content (AvgIpc) is 3.74. The summed E-state index contributed by atoms with van der Waals surface area (Å²) >= 11 is 6.84. The van der Waals surface area contributed by atoms with Crippen LogP contribution in [0.25, 0.3) is 0 Å². The zero-order valence-corrected chi connectivity index (χ0v) is 38.8. The number of hydrogen-bond donors (Lipinski definition) is 0. The average molecular weight is 1000 g/mol. The Kier molecular flexibility index (Phi) is 14.4. The highest BCUT2D eigenvalue weighted by Gasteiger charge is 2.72. The Bertz CT molecular complexity index is 3060. The fraction of sp³-hybridized carbons (Fsp3) is 0.216. The summed E-state index contributed by atoms with van der Waals surface area (Å²) in [6.07, 6.45) is -5.60. The van der Waals surface area contributed by atoms with Crippen molar-refractivity contribution < 1.29 is 67.1 Å². The van der Waals surface area contributed by atoms with Crippen molar-refractivity contribution in [3.05, 3.63) is 219 Å². The molecule has 6 aromatic carbocycles. The maximum absolute atomic E-state index is 14.4. The van der Waals surface area contributed by atoms with E-state index >= 15 is 0 Å². The second-order valence-electron chi connectivity index (χ2n) is 16.6. The lowest BCUT2D eigenvalue weighted by molar-refractivity contribution is -0.385. The van der Waals surface area contributed by atoms with E-state index in [1.165, 1.54) is 24.3 Å². The van der Waals surface area contributed by atoms with Gasteiger partial charge in [0.1, 0.15) is 12.4 Å². The Morgan fingerprint density at radius 1 is 0.625 bits per heavy atom. The molecule has 2 aliphatic heterocycles. The van der Waals surface area contributed by atoms with Gasteiger partial charge in [-0.1, -0.05) is 47.5 Å². The standard InChI is InChI=1S/C51H40ClN3O17/c1-3-66-41-23-6-31(7-24-41)26-36-27-37(16-25-42(36)52)51-45(71-49(59)35-14-21-40(22-15-35)55(64)65)43(69-47(57)33-8-4-30(2)5-9-33)44(70-48(58)34-12-19-39(20-13-34)54(62)63)50(72-51,29-68-51)28-67-46(56)32-10-17-38(18-11-32)53(60)61/h4-25,27,43-45H,3,26,28-29H2,1-2H3/t43-,44-,45+,50-,51-/m0/s1. The van der Waals surface area contributed by atoms with E-state index in [1.807, 2.05) is 19.1 Å². The third-order valence-corrected chi connectivity index (χ3v) is 12.2. The molecule has 0 amide bonds. The summed E-state index contributed by atoms with van der Waals surface area (Å²) in [6.45, 7) is 2.61. The Morgan fingerprint density at radius 3 is 1.60 bits per heavy atom. The van der Waals surface area contributed by atoms with Gasteiger partial charge in [-0.25, -0.2) is 19.2 Å². The van der Waals surface area contributed by atoms with Crippen LogP contribution in [0.1, 0.15) is 70.6 Å². The lowest BCUT2D eigenvalue weighted by atomic mass is 9.82. The lowest BCUT2D eigenvalue weighted by Gasteiger charge is -2.49. The van der Waals surface area contributed by atoms with Crippen LogP contribution >= 0.6 is 11.6 Å². The molecule has 2 aliphatic rings. The quantitative estimate of drug-likeness (QED) is 0.0357. The fourth-order valence-corrected chi connectivity index (χ4v) is 8.33. The molecule has 0 saturated carbocycles. The molecule has 8 rings (SSSR count). The first-order valence-corrected chi connectivity index (χ1v) is 22.3. The van der Waals surface area contributed by atoms with Crippen LogP contribution in [0.5, 0.6) is 5.75 Å². The number of nitro groups is 3. The van der Waals surface area contributed by atoms with Crippen molar-refractivity contribution in [3.63, 3.8) is 0 Å². The van der Waals surface area contributed by atoms with Gasteiger partial charge in [-0.2, -0.15) is 0 Å². The number of esters is 4. The molecule has 5 atom stereocenters. The second-order valence-corrected chi connectivity index (χ2v) is 17.0. The van der Waals surface area contributed by atoms with Crippen molar-refractivity contribution in [1.29, 1.82) is 0 Å². The van der Waals surface area contributed by atoms with Gasteiger partial charge in [-0.05, 0) is 104 Å². The van der Waals surface area contributed by atoms with Gasteiger partial charge in [0.05, 0.1) is 50.2 Å². The molecule has 0 unspecified atom stereocenters. The van der Waals surface area contributed by atoms with E-state index in [0.29, 0.717) is 17.9 Å². The molecular formula is C51H40ClN3O17. The topological polar surface area (TPSA) is 262 Å². The van der Waals surface area contributed by atoms with Crippen molar-refractivity contribution in [1.82, 2.24) is 0 Å². The molecular weight excluding hydrogens is 962 g/mol. The third kappa shape index (κ3) is 10.5. The third-order valence-electron chi connectivity index (χ3n) is 11.8. The molecule has 2 saturated heterocycles. The maximum Gasteiger partial charge on any atom is 0.338 e. The first-order valence-electron chi connectivity index (χ1n) is 21.9. The Balaban J connectivity index is 1.29. The highest BCUT2D eigenvalue weighted by molar-refractivity contribution is 6.31. The van der Waals surface area contributed by atoms with Crippen LogP contribution in [0.3, 0.4) is 0 Å². The summed E-state index contributed by atoms with van der Waals surface area (Å²) in [5, 5.41) is 34.8. The molecule has 2 heterocycles. The Morgan fingerprint density at radius 2 is 1.10 bits per heavy atom. The Labute approximate surface area is 413 Å². The molecule has 0 N–H and O–H groups in total. The number of carbonyl (C=O) groups is 4. The largest absolute Gasteiger partial charge is 0.494 e. The van der Waals surface area contributed by atoms with E-state index in [0.717, 1.165) is 83.9 Å². The number of halogens is 1. The first kappa shape index (κ1) is 49.8. The van der Waals surface area contributed by atoms with Crippen LogP contribution in [0.4, 0.5) is 17.1 Å². The van der Waals surface area contributed by atoms with Crippen molar-refractivity contribution in [2.24, 2.45) is 0 Å². The van der Waals surface area contributed by atoms with Crippen LogP contribution in [0, 0.1) is 37.3 Å². The van der Waals surface area contributed by atoms with E-state index in [-0.39, 0.29) is 56.3 Å². The minimum absolute atomic E-state index is 0.00178. The predicted molar refractivity (Wildman–Crippen MR) is 252 cm³/mol. The minimum atomic E-state index is -2.34. The number of benzene rings is 6. The van der Waals surface area contributed by atoms with E-state index in [4.69, 9.17) is 44.8 Å². The zero-order valence-electron chi connectivity index (χ0n) is 38.0. The molecule has 368 valence electrons. The molecule has 2 fully saturated rings. The van der Waals surface area contributed by atoms with Crippen LogP contribution in [0.15, 0.2) is 140 Å². The van der Waals surface area contributed by atoms with Gasteiger partial charge in [0, 0.05) is 47.0 Å². The molecule has 0 spiro atoms. The normalized spacial score (nSPS) is 19.8. The summed E-state index contributed by atoms with van der Waals surface area (Å²) in [5.41, 5.74) is -1.56. The summed E-state index contributed by atoms with van der Waals surface area (Å²) in [7, 11) is 0. The fourth-order valence-electron chi connectivity index (χ4n) is 8.14. The number of aryl methyl sites for hydroxylation is 1. The van der Waals surface area contributed by atoms with Crippen LogP contribution in [0.2, 0.25) is 5.02 Å². The monoisotopic (exact) mass is 1000 g/mol. The summed E-state index contributed by atoms with van der Waals surface area (Å²) in [4.78, 5) is 89.4. The van der Waals surface area contributed by atoms with Crippen LogP contribution < -0.4 is 4.74 Å². The van der Waals surface area contributed by atoms with Gasteiger partial charge in [-0.15, -0.1) is 0 Å². The first-order chi connectivity index (χ1) is 34.5. The molecule has 20 nitrogen and oxygen atoms in total. The number of nitrogens with zero attached hydrogens (tertiary/aromatic N) is 3. The molecule has 21 heteroatoms. The van der Waals surface area contributed by atoms with Crippen molar-refractivity contribution in [2.45, 2.75) is 50.0 Å². The van der Waals surface area contributed by atoms with E-state index < -0.39 is 81.6 Å². The molecule has 0 aliphatic carbocycles. The highest BCUT2D eigenvalue weighted by atomic mass is 35.5. The van der Waals surface area contributed by atoms with E-state index in [9.17, 15) is 49.5 Å². The van der Waals surface area contributed by atoms with Crippen molar-refractivity contribution in [2.75, 3.05) is 19.8 Å². The zero-order chi connectivity index (χ0) is 51.3. The summed E-state index contributed by atoms with van der Waals surface area (Å²) in [6, 6.07) is 31.2. The number of nitro benzene ring substituents is 3. The lowest BCUT2D eigenvalue weighted by Crippen LogP contribution is -2.68. The van der Waals surface area contributed by atoms with Gasteiger partial charge in [0.2, 0.25) is 11.9 Å². The van der Waals surface area contributed by atoms with Gasteiger partial charge >= 0.3 is 23.9 Å². The number of hydrogen-bond acceptors (Lipinski definition) is 17. The van der Waals surface area contributed by atoms with Gasteiger partial charge in [-0.3, -0.25) is 30.3 Å². The molecule has 6 aromatic rings. The van der Waals surface area contributed by atoms with E-state index in [1.54, 1.807) is 37.3 Å². The van der Waals surface area contributed by atoms with Crippen LogP contribution in [-0.4, -0.2) is 82.4 Å². The number of carbonyl (C=O) groups excluding carboxylic acids is 4. The number of non-ortho nitro benzene ring substituents is 3. The second kappa shape index (κ2) is 20.8. The maximum atomic E-state index is 14.4. The smallest absolute Gasteiger partial charge is 0.338 e. The number of fused-ring (bicyclic) bond motifs is 2. The molecule has 72 heavy (non-hydrogen) atoms.